The van der Waals surface area contributed by atoms with Crippen LogP contribution < -0.4 is 10.6 Å². The molecule has 0 aromatic rings. The molecule has 80 valence electrons. The molecule has 1 rings (SSSR count). The summed E-state index contributed by atoms with van der Waals surface area (Å²) in [6.45, 7) is 0. The monoisotopic (exact) mass is 202 g/mol. The van der Waals surface area contributed by atoms with Crippen molar-refractivity contribution in [1.29, 1.82) is 0 Å². The molecule has 14 heavy (non-hydrogen) atoms. The van der Waals surface area contributed by atoms with Crippen LogP contribution in [0.5, 0.6) is 0 Å². The molecule has 2 N–H and O–H groups in total. The molecule has 0 radical (unpaired) electrons. The third-order valence-electron chi connectivity index (χ3n) is 1.60. The van der Waals surface area contributed by atoms with Gasteiger partial charge < -0.3 is 10.6 Å². The summed E-state index contributed by atoms with van der Waals surface area (Å²) >= 11 is 0. The Morgan fingerprint density at radius 3 is 1.36 bits per heavy atom. The van der Waals surface area contributed by atoms with Crippen LogP contribution in [0.2, 0.25) is 0 Å². The molecule has 1 fully saturated rings. The molecule has 0 atom stereocenters. The van der Waals surface area contributed by atoms with E-state index in [1.165, 1.54) is 14.1 Å². The predicted octanol–water partition coefficient (Wildman–Crippen LogP) is -0.351. The number of hydrogen-bond donors (Lipinski definition) is 2. The Kier molecular flexibility index (Phi) is 4.41. The van der Waals surface area contributed by atoms with Gasteiger partial charge in [0.1, 0.15) is 0 Å². The number of nitrogens with zero attached hydrogens (tertiary/aromatic N) is 2. The van der Waals surface area contributed by atoms with Crippen molar-refractivity contribution in [2.45, 2.75) is 0 Å². The topological polar surface area (TPSA) is 81.8 Å². The molecule has 1 aliphatic rings. The van der Waals surface area contributed by atoms with E-state index in [2.05, 4.69) is 10.6 Å². The van der Waals surface area contributed by atoms with Crippen LogP contribution in [0.4, 0.5) is 14.4 Å². The minimum Gasteiger partial charge on any atom is -0.341 e. The second kappa shape index (κ2) is 5.05. The van der Waals surface area contributed by atoms with Crippen molar-refractivity contribution in [2.75, 3.05) is 28.2 Å². The lowest BCUT2D eigenvalue weighted by Crippen LogP contribution is -2.59. The lowest BCUT2D eigenvalue weighted by molar-refractivity contribution is 0.125. The van der Waals surface area contributed by atoms with Crippen molar-refractivity contribution in [2.24, 2.45) is 0 Å². The highest BCUT2D eigenvalue weighted by molar-refractivity contribution is 6.11. The van der Waals surface area contributed by atoms with Crippen molar-refractivity contribution in [1.82, 2.24) is 20.4 Å². The molecule has 1 aliphatic heterocycles. The molecule has 7 heteroatoms. The molecule has 6 amide bonds. The molecular weight excluding hydrogens is 188 g/mol. The first-order chi connectivity index (χ1) is 6.45. The summed E-state index contributed by atoms with van der Waals surface area (Å²) in [6.07, 6.45) is 0. The highest BCUT2D eigenvalue weighted by Crippen LogP contribution is 2.08. The molecule has 1 heterocycles. The molecule has 0 aromatic carbocycles. The van der Waals surface area contributed by atoms with Gasteiger partial charge in [-0.3, -0.25) is 0 Å². The summed E-state index contributed by atoms with van der Waals surface area (Å²) in [4.78, 5) is 32.9. The lowest BCUT2D eigenvalue weighted by Gasteiger charge is -2.32. The normalized spacial score (nSPS) is 14.0. The summed E-state index contributed by atoms with van der Waals surface area (Å²) in [7, 11) is 6.03. The molecule has 0 bridgehead atoms. The number of urea groups is 3. The van der Waals surface area contributed by atoms with Crippen LogP contribution in [0.25, 0.3) is 0 Å². The predicted molar refractivity (Wildman–Crippen MR) is 49.8 cm³/mol. The van der Waals surface area contributed by atoms with Gasteiger partial charge in [-0.25, -0.2) is 24.2 Å². The van der Waals surface area contributed by atoms with Crippen molar-refractivity contribution >= 4 is 18.1 Å². The Morgan fingerprint density at radius 1 is 1.00 bits per heavy atom. The molecule has 7 nitrogen and oxygen atoms in total. The van der Waals surface area contributed by atoms with Gasteiger partial charge in [0, 0.05) is 28.2 Å². The Balaban J connectivity index is 0.000000255. The first-order valence-corrected chi connectivity index (χ1v) is 3.90. The first-order valence-electron chi connectivity index (χ1n) is 3.90. The second-order valence-electron chi connectivity index (χ2n) is 2.51. The maximum Gasteiger partial charge on any atom is 0.335 e. The van der Waals surface area contributed by atoms with E-state index in [1.54, 1.807) is 14.1 Å². The van der Waals surface area contributed by atoms with Gasteiger partial charge in [0.25, 0.3) is 0 Å². The minimum absolute atomic E-state index is 0.157. The van der Waals surface area contributed by atoms with Crippen molar-refractivity contribution in [3.63, 3.8) is 0 Å². The molecule has 0 saturated carbocycles. The number of hydrogen-bond acceptors (Lipinski definition) is 3. The van der Waals surface area contributed by atoms with Crippen LogP contribution in [0.15, 0.2) is 0 Å². The van der Waals surface area contributed by atoms with Crippen LogP contribution in [-0.2, 0) is 0 Å². The molecule has 0 aromatic heterocycles. The Bertz CT molecular complexity index is 217. The van der Waals surface area contributed by atoms with Gasteiger partial charge >= 0.3 is 18.1 Å². The smallest absolute Gasteiger partial charge is 0.335 e. The third kappa shape index (κ3) is 2.61. The van der Waals surface area contributed by atoms with Crippen LogP contribution >= 0.6 is 0 Å². The fourth-order valence-corrected chi connectivity index (χ4v) is 0.694. The number of imide groups is 2. The van der Waals surface area contributed by atoms with Crippen LogP contribution in [0, 0.1) is 0 Å². The van der Waals surface area contributed by atoms with Crippen LogP contribution in [0.1, 0.15) is 0 Å². The SMILES string of the molecule is CN1C(=O)N(C)C1=O.CNC(=O)NC. The lowest BCUT2D eigenvalue weighted by atomic mass is 10.5. The summed E-state index contributed by atoms with van der Waals surface area (Å²) in [5, 5.41) is 4.73. The van der Waals surface area contributed by atoms with Gasteiger partial charge in [-0.15, -0.1) is 0 Å². The highest BCUT2D eigenvalue weighted by Gasteiger charge is 2.36. The fraction of sp³-hybridized carbons (Fsp3) is 0.571. The minimum atomic E-state index is -0.241. The molecular formula is C7H14N4O3. The van der Waals surface area contributed by atoms with E-state index in [4.69, 9.17) is 0 Å². The van der Waals surface area contributed by atoms with E-state index < -0.39 is 0 Å². The van der Waals surface area contributed by atoms with E-state index >= 15 is 0 Å². The van der Waals surface area contributed by atoms with Gasteiger partial charge in [-0.2, -0.15) is 0 Å². The summed E-state index contributed by atoms with van der Waals surface area (Å²) in [6, 6.07) is -0.639. The van der Waals surface area contributed by atoms with Gasteiger partial charge in [0.05, 0.1) is 0 Å². The Labute approximate surface area is 82.0 Å². The van der Waals surface area contributed by atoms with Crippen LogP contribution in [-0.4, -0.2) is 56.1 Å². The van der Waals surface area contributed by atoms with Crippen molar-refractivity contribution < 1.29 is 14.4 Å². The number of carbonyl (C=O) groups is 3. The molecule has 0 aliphatic carbocycles. The average molecular weight is 202 g/mol. The maximum absolute atomic E-state index is 10.4. The van der Waals surface area contributed by atoms with Crippen molar-refractivity contribution in [3.8, 4) is 0 Å². The van der Waals surface area contributed by atoms with E-state index in [0.717, 1.165) is 9.80 Å². The maximum atomic E-state index is 10.4. The largest absolute Gasteiger partial charge is 0.341 e. The third-order valence-corrected chi connectivity index (χ3v) is 1.60. The number of carbonyl (C=O) groups excluding carboxylic acids is 3. The van der Waals surface area contributed by atoms with Gasteiger partial charge in [-0.05, 0) is 0 Å². The van der Waals surface area contributed by atoms with E-state index in [-0.39, 0.29) is 18.1 Å². The average Bonchev–Trinajstić information content (AvgIpc) is 2.25. The quantitative estimate of drug-likeness (QED) is 0.563. The standard InChI is InChI=1S/C4H6N2O2.C3H8N2O/c1-5-3(7)6(2)4(5)8;1-4-3(6)5-2/h1-2H3;1-2H3,(H2,4,5,6). The summed E-state index contributed by atoms with van der Waals surface area (Å²) in [5.41, 5.74) is 0. The number of amides is 6. The summed E-state index contributed by atoms with van der Waals surface area (Å²) in [5.74, 6) is 0. The molecule has 0 spiro atoms. The van der Waals surface area contributed by atoms with E-state index in [0.29, 0.717) is 0 Å². The number of nitrogens with one attached hydrogen (secondary N) is 2. The Morgan fingerprint density at radius 2 is 1.29 bits per heavy atom. The summed E-state index contributed by atoms with van der Waals surface area (Å²) < 4.78 is 0. The van der Waals surface area contributed by atoms with Gasteiger partial charge in [0.2, 0.25) is 0 Å². The Hall–Kier alpha value is -1.79. The van der Waals surface area contributed by atoms with Crippen molar-refractivity contribution in [3.05, 3.63) is 0 Å². The van der Waals surface area contributed by atoms with Gasteiger partial charge in [-0.1, -0.05) is 0 Å². The second-order valence-corrected chi connectivity index (χ2v) is 2.51. The van der Waals surface area contributed by atoms with Gasteiger partial charge in [0.15, 0.2) is 0 Å². The van der Waals surface area contributed by atoms with E-state index in [1.807, 2.05) is 0 Å². The zero-order chi connectivity index (χ0) is 11.3. The number of rotatable bonds is 0. The molecule has 0 unspecified atom stereocenters. The van der Waals surface area contributed by atoms with Crippen LogP contribution in [0.3, 0.4) is 0 Å². The van der Waals surface area contributed by atoms with E-state index in [9.17, 15) is 14.4 Å². The highest BCUT2D eigenvalue weighted by atomic mass is 16.2. The zero-order valence-corrected chi connectivity index (χ0v) is 8.62. The first kappa shape index (κ1) is 12.2. The fourth-order valence-electron chi connectivity index (χ4n) is 0.694. The molecule has 1 saturated heterocycles. The zero-order valence-electron chi connectivity index (χ0n) is 8.62.